The lowest BCUT2D eigenvalue weighted by atomic mass is 9.79. The number of aryl methyl sites for hydroxylation is 1. The Morgan fingerprint density at radius 3 is 2.52 bits per heavy atom. The topological polar surface area (TPSA) is 66.8 Å². The number of hydrogen-bond donors (Lipinski definition) is 2. The van der Waals surface area contributed by atoms with Gasteiger partial charge < -0.3 is 14.9 Å². The molecule has 2 aliphatic rings. The highest BCUT2D eigenvalue weighted by Crippen LogP contribution is 2.54. The summed E-state index contributed by atoms with van der Waals surface area (Å²) in [4.78, 5) is 12.1. The zero-order valence-electron chi connectivity index (χ0n) is 12.8. The van der Waals surface area contributed by atoms with Gasteiger partial charge in [-0.1, -0.05) is 12.1 Å². The lowest BCUT2D eigenvalue weighted by Gasteiger charge is -2.36. The first-order valence-corrected chi connectivity index (χ1v) is 7.83. The number of hydrogen-bond acceptors (Lipinski definition) is 4. The second kappa shape index (κ2) is 5.01. The van der Waals surface area contributed by atoms with Gasteiger partial charge in [-0.25, -0.2) is 0 Å². The lowest BCUT2D eigenvalue weighted by molar-refractivity contribution is -0.117. The Morgan fingerprint density at radius 1 is 1.04 bits per heavy atom. The predicted molar refractivity (Wildman–Crippen MR) is 84.8 cm³/mol. The highest BCUT2D eigenvalue weighted by atomic mass is 16.5. The van der Waals surface area contributed by atoms with Crippen LogP contribution in [0.15, 0.2) is 36.4 Å². The van der Waals surface area contributed by atoms with Gasteiger partial charge in [0.2, 0.25) is 0 Å². The molecule has 0 bridgehead atoms. The van der Waals surface area contributed by atoms with Crippen molar-refractivity contribution in [3.05, 3.63) is 53.1 Å². The number of phenols is 2. The summed E-state index contributed by atoms with van der Waals surface area (Å²) in [5.74, 6) is 1.59. The summed E-state index contributed by atoms with van der Waals surface area (Å²) in [6.45, 7) is 1.91. The van der Waals surface area contributed by atoms with Gasteiger partial charge in [0.25, 0.3) is 0 Å². The second-order valence-corrected chi connectivity index (χ2v) is 6.53. The van der Waals surface area contributed by atoms with Crippen molar-refractivity contribution in [2.75, 3.05) is 0 Å². The molecule has 0 aromatic heterocycles. The summed E-state index contributed by atoms with van der Waals surface area (Å²) in [5, 5.41) is 19.4. The zero-order valence-corrected chi connectivity index (χ0v) is 12.8. The van der Waals surface area contributed by atoms with E-state index in [0.29, 0.717) is 12.8 Å². The summed E-state index contributed by atoms with van der Waals surface area (Å²) in [6.07, 6.45) is 0.783. The summed E-state index contributed by atoms with van der Waals surface area (Å²) in [7, 11) is 0. The van der Waals surface area contributed by atoms with Crippen molar-refractivity contribution in [3.8, 4) is 17.2 Å². The number of carbonyl (C=O) groups excluding carboxylic acids is 1. The number of phenolic OH excluding ortho intramolecular Hbond substituents is 2. The van der Waals surface area contributed by atoms with Crippen molar-refractivity contribution >= 4 is 5.78 Å². The van der Waals surface area contributed by atoms with E-state index in [2.05, 4.69) is 0 Å². The van der Waals surface area contributed by atoms with E-state index in [1.807, 2.05) is 19.1 Å². The molecule has 4 rings (SSSR count). The largest absolute Gasteiger partial charge is 0.508 e. The van der Waals surface area contributed by atoms with Crippen LogP contribution < -0.4 is 4.74 Å². The van der Waals surface area contributed by atoms with Gasteiger partial charge in [-0.15, -0.1) is 0 Å². The average Bonchev–Trinajstić information content (AvgIpc) is 2.89. The third kappa shape index (κ3) is 2.25. The zero-order chi connectivity index (χ0) is 16.1. The van der Waals surface area contributed by atoms with Crippen molar-refractivity contribution in [2.45, 2.75) is 31.8 Å². The molecule has 118 valence electrons. The van der Waals surface area contributed by atoms with Gasteiger partial charge in [0.15, 0.2) is 0 Å². The van der Waals surface area contributed by atoms with E-state index in [9.17, 15) is 15.0 Å². The van der Waals surface area contributed by atoms with Gasteiger partial charge in [0.05, 0.1) is 0 Å². The van der Waals surface area contributed by atoms with Crippen LogP contribution in [0.1, 0.15) is 41.6 Å². The van der Waals surface area contributed by atoms with E-state index >= 15 is 0 Å². The molecule has 2 N–H and O–H groups in total. The Bertz CT molecular complexity index is 779. The Balaban J connectivity index is 1.83. The summed E-state index contributed by atoms with van der Waals surface area (Å²) < 4.78 is 6.26. The van der Waals surface area contributed by atoms with Crippen LogP contribution in [0.4, 0.5) is 0 Å². The first-order valence-electron chi connectivity index (χ1n) is 7.83. The Hall–Kier alpha value is -2.49. The maximum atomic E-state index is 12.1. The average molecular weight is 310 g/mol. The standard InChI is InChI=1S/C19H18O4/c1-10-6-13(21)8-16-15-7-14(22)9-17(15)19(23-18(10)16)11-2-4-12(20)5-3-11/h2-6,8,15,17,19-21H,7,9H2,1H3/t15-,17-,19-/m0/s1. The van der Waals surface area contributed by atoms with E-state index in [1.165, 1.54) is 0 Å². The van der Waals surface area contributed by atoms with Crippen LogP contribution in [0.3, 0.4) is 0 Å². The molecule has 4 nitrogen and oxygen atoms in total. The minimum Gasteiger partial charge on any atom is -0.508 e. The molecule has 2 aromatic carbocycles. The quantitative estimate of drug-likeness (QED) is 0.844. The molecule has 1 saturated carbocycles. The first kappa shape index (κ1) is 14.1. The maximum absolute atomic E-state index is 12.1. The Labute approximate surface area is 134 Å². The number of ether oxygens (including phenoxy) is 1. The fourth-order valence-electron chi connectivity index (χ4n) is 3.96. The minimum atomic E-state index is -0.206. The van der Waals surface area contributed by atoms with Crippen molar-refractivity contribution in [2.24, 2.45) is 5.92 Å². The SMILES string of the molecule is Cc1cc(O)cc2c1O[C@@H](c1ccc(O)cc1)[C@H]1CC(=O)C[C@@H]21. The van der Waals surface area contributed by atoms with Crippen LogP contribution in [-0.4, -0.2) is 16.0 Å². The number of ketones is 1. The number of benzene rings is 2. The fourth-order valence-corrected chi connectivity index (χ4v) is 3.96. The van der Waals surface area contributed by atoms with Crippen molar-refractivity contribution in [3.63, 3.8) is 0 Å². The molecule has 1 aliphatic heterocycles. The molecule has 0 unspecified atom stereocenters. The molecule has 0 saturated heterocycles. The van der Waals surface area contributed by atoms with Gasteiger partial charge >= 0.3 is 0 Å². The van der Waals surface area contributed by atoms with Gasteiger partial charge in [0, 0.05) is 30.2 Å². The molecule has 1 fully saturated rings. The van der Waals surface area contributed by atoms with E-state index in [0.717, 1.165) is 22.4 Å². The smallest absolute Gasteiger partial charge is 0.133 e. The Kier molecular flexibility index (Phi) is 3.08. The summed E-state index contributed by atoms with van der Waals surface area (Å²) in [5.41, 5.74) is 2.78. The fraction of sp³-hybridized carbons (Fsp3) is 0.316. The van der Waals surface area contributed by atoms with Crippen molar-refractivity contribution in [1.29, 1.82) is 0 Å². The van der Waals surface area contributed by atoms with E-state index in [-0.39, 0.29) is 35.2 Å². The van der Waals surface area contributed by atoms with Gasteiger partial charge in [-0.05, 0) is 42.3 Å². The van der Waals surface area contributed by atoms with Crippen LogP contribution in [0, 0.1) is 12.8 Å². The molecule has 1 heterocycles. The predicted octanol–water partition coefficient (Wildman–Crippen LogP) is 3.60. The first-order chi connectivity index (χ1) is 11.0. The molecule has 0 radical (unpaired) electrons. The van der Waals surface area contributed by atoms with Gasteiger partial charge in [-0.3, -0.25) is 4.79 Å². The molecule has 0 spiro atoms. The maximum Gasteiger partial charge on any atom is 0.133 e. The molecular weight excluding hydrogens is 292 g/mol. The van der Waals surface area contributed by atoms with Gasteiger partial charge in [-0.2, -0.15) is 0 Å². The van der Waals surface area contributed by atoms with Crippen molar-refractivity contribution < 1.29 is 19.7 Å². The van der Waals surface area contributed by atoms with E-state index in [4.69, 9.17) is 4.74 Å². The molecule has 1 aliphatic carbocycles. The number of rotatable bonds is 1. The highest BCUT2D eigenvalue weighted by molar-refractivity contribution is 5.83. The van der Waals surface area contributed by atoms with Crippen LogP contribution in [0.25, 0.3) is 0 Å². The molecular formula is C19H18O4. The minimum absolute atomic E-state index is 0.0701. The number of aromatic hydroxyl groups is 2. The lowest BCUT2D eigenvalue weighted by Crippen LogP contribution is -2.27. The number of carbonyl (C=O) groups is 1. The van der Waals surface area contributed by atoms with Crippen molar-refractivity contribution in [1.82, 2.24) is 0 Å². The monoisotopic (exact) mass is 310 g/mol. The molecule has 23 heavy (non-hydrogen) atoms. The summed E-state index contributed by atoms with van der Waals surface area (Å²) >= 11 is 0. The van der Waals surface area contributed by atoms with Crippen LogP contribution >= 0.6 is 0 Å². The molecule has 4 heteroatoms. The number of fused-ring (bicyclic) bond motifs is 3. The Morgan fingerprint density at radius 2 is 1.78 bits per heavy atom. The highest BCUT2D eigenvalue weighted by Gasteiger charge is 2.45. The van der Waals surface area contributed by atoms with Crippen LogP contribution in [0.2, 0.25) is 0 Å². The molecule has 3 atom stereocenters. The normalized spacial score (nSPS) is 25.6. The van der Waals surface area contributed by atoms with Crippen LogP contribution in [0.5, 0.6) is 17.2 Å². The third-order valence-electron chi connectivity index (χ3n) is 4.97. The van der Waals surface area contributed by atoms with E-state index in [1.54, 1.807) is 24.3 Å². The van der Waals surface area contributed by atoms with Crippen LogP contribution in [-0.2, 0) is 4.79 Å². The van der Waals surface area contributed by atoms with Gasteiger partial charge in [0.1, 0.15) is 29.1 Å². The van der Waals surface area contributed by atoms with E-state index < -0.39 is 0 Å². The number of Topliss-reactive ketones (excluding diaryl/α,β-unsaturated/α-hetero) is 1. The summed E-state index contributed by atoms with van der Waals surface area (Å²) in [6, 6.07) is 10.4. The third-order valence-corrected chi connectivity index (χ3v) is 4.97. The molecule has 2 aromatic rings. The second-order valence-electron chi connectivity index (χ2n) is 6.53. The molecule has 0 amide bonds.